The Morgan fingerprint density at radius 1 is 0.976 bits per heavy atom. The van der Waals surface area contributed by atoms with Gasteiger partial charge in [-0.05, 0) is 53.8 Å². The second kappa shape index (κ2) is 14.4. The Labute approximate surface area is 248 Å². The third kappa shape index (κ3) is 9.23. The molecule has 0 unspecified atom stereocenters. The average Bonchev–Trinajstić information content (AvgIpc) is 2.93. The molecule has 0 spiro atoms. The molecule has 0 heterocycles. The van der Waals surface area contributed by atoms with E-state index in [-0.39, 0.29) is 30.5 Å². The minimum absolute atomic E-state index is 0.0644. The fraction of sp³-hybridized carbons (Fsp3) is 0.355. The summed E-state index contributed by atoms with van der Waals surface area (Å²) >= 11 is 6.30. The van der Waals surface area contributed by atoms with E-state index in [0.717, 1.165) is 27.3 Å². The number of anilines is 1. The summed E-state index contributed by atoms with van der Waals surface area (Å²) in [5.74, 6) is -0.0460. The van der Waals surface area contributed by atoms with Crippen molar-refractivity contribution in [1.82, 2.24) is 10.2 Å². The van der Waals surface area contributed by atoms with Crippen LogP contribution < -0.4 is 14.4 Å². The number of halogens is 1. The van der Waals surface area contributed by atoms with Gasteiger partial charge in [-0.15, -0.1) is 0 Å². The van der Waals surface area contributed by atoms with E-state index in [2.05, 4.69) is 5.32 Å². The first-order valence-corrected chi connectivity index (χ1v) is 15.6. The molecule has 10 heteroatoms. The highest BCUT2D eigenvalue weighted by atomic mass is 35.5. The molecule has 2 amide bonds. The van der Waals surface area contributed by atoms with Gasteiger partial charge in [0.15, 0.2) is 0 Å². The second-order valence-corrected chi connectivity index (χ2v) is 12.7. The van der Waals surface area contributed by atoms with E-state index >= 15 is 0 Å². The summed E-state index contributed by atoms with van der Waals surface area (Å²) in [4.78, 5) is 29.3. The zero-order valence-corrected chi connectivity index (χ0v) is 25.7. The van der Waals surface area contributed by atoms with E-state index in [4.69, 9.17) is 16.3 Å². The summed E-state index contributed by atoms with van der Waals surface area (Å²) in [5, 5.41) is 3.35. The molecule has 3 aromatic carbocycles. The van der Waals surface area contributed by atoms with E-state index < -0.39 is 28.5 Å². The van der Waals surface area contributed by atoms with Crippen LogP contribution in [-0.4, -0.2) is 57.6 Å². The van der Waals surface area contributed by atoms with Gasteiger partial charge in [-0.3, -0.25) is 13.9 Å². The third-order valence-electron chi connectivity index (χ3n) is 6.57. The summed E-state index contributed by atoms with van der Waals surface area (Å²) in [6.45, 7) is 5.77. The van der Waals surface area contributed by atoms with Gasteiger partial charge in [-0.2, -0.15) is 0 Å². The van der Waals surface area contributed by atoms with Gasteiger partial charge in [0.05, 0.1) is 19.1 Å². The molecule has 3 aromatic rings. The van der Waals surface area contributed by atoms with Gasteiger partial charge in [0, 0.05) is 24.5 Å². The van der Waals surface area contributed by atoms with Crippen LogP contribution in [0.3, 0.4) is 0 Å². The predicted molar refractivity (Wildman–Crippen MR) is 164 cm³/mol. The van der Waals surface area contributed by atoms with Crippen LogP contribution in [0.4, 0.5) is 5.69 Å². The van der Waals surface area contributed by atoms with Crippen LogP contribution in [0.15, 0.2) is 72.8 Å². The lowest BCUT2D eigenvalue weighted by Crippen LogP contribution is -2.53. The molecule has 0 aliphatic heterocycles. The second-order valence-electron chi connectivity index (χ2n) is 10.4. The average molecular weight is 600 g/mol. The molecule has 3 rings (SSSR count). The van der Waals surface area contributed by atoms with Crippen molar-refractivity contribution >= 4 is 39.1 Å². The van der Waals surface area contributed by atoms with Gasteiger partial charge in [-0.25, -0.2) is 8.42 Å². The molecule has 1 N–H and O–H groups in total. The van der Waals surface area contributed by atoms with Crippen molar-refractivity contribution in [2.24, 2.45) is 5.92 Å². The number of benzene rings is 3. The minimum atomic E-state index is -3.88. The number of sulfonamides is 1. The molecule has 8 nitrogen and oxygen atoms in total. The number of nitrogens with zero attached hydrogens (tertiary/aromatic N) is 2. The lowest BCUT2D eigenvalue weighted by molar-refractivity contribution is -0.140. The molecular formula is C31H38ClN3O5S. The summed E-state index contributed by atoms with van der Waals surface area (Å²) in [6, 6.07) is 20.6. The molecule has 0 aromatic heterocycles. The maximum Gasteiger partial charge on any atom is 0.244 e. The third-order valence-corrected chi connectivity index (χ3v) is 8.11. The van der Waals surface area contributed by atoms with Crippen molar-refractivity contribution < 1.29 is 22.7 Å². The first kappa shape index (κ1) is 32.0. The molecule has 0 saturated heterocycles. The zero-order chi connectivity index (χ0) is 30.2. The van der Waals surface area contributed by atoms with Gasteiger partial charge < -0.3 is 15.0 Å². The SMILES string of the molecule is COc1cccc(CN(C(=O)CN(c2ccc(C)c(Cl)c2)S(C)(=O)=O)[C@@H](Cc2ccccc2)C(=O)NCC(C)C)c1. The van der Waals surface area contributed by atoms with Crippen molar-refractivity contribution in [3.63, 3.8) is 0 Å². The topological polar surface area (TPSA) is 96.0 Å². The molecule has 220 valence electrons. The fourth-order valence-corrected chi connectivity index (χ4v) is 5.31. The fourth-order valence-electron chi connectivity index (χ4n) is 4.29. The normalized spacial score (nSPS) is 12.1. The highest BCUT2D eigenvalue weighted by Gasteiger charge is 2.33. The number of hydrogen-bond acceptors (Lipinski definition) is 5. The molecule has 41 heavy (non-hydrogen) atoms. The maximum absolute atomic E-state index is 14.1. The first-order valence-electron chi connectivity index (χ1n) is 13.4. The van der Waals surface area contributed by atoms with Crippen molar-refractivity contribution in [3.8, 4) is 5.75 Å². The van der Waals surface area contributed by atoms with Crippen LogP contribution in [0.2, 0.25) is 5.02 Å². The number of carbonyl (C=O) groups excluding carboxylic acids is 2. The van der Waals surface area contributed by atoms with Gasteiger partial charge in [0.25, 0.3) is 0 Å². The number of nitrogens with one attached hydrogen (secondary N) is 1. The largest absolute Gasteiger partial charge is 0.497 e. The minimum Gasteiger partial charge on any atom is -0.497 e. The monoisotopic (exact) mass is 599 g/mol. The Hall–Kier alpha value is -3.56. The highest BCUT2D eigenvalue weighted by molar-refractivity contribution is 7.92. The van der Waals surface area contributed by atoms with Crippen molar-refractivity contribution in [2.75, 3.05) is 30.8 Å². The van der Waals surface area contributed by atoms with E-state index in [1.165, 1.54) is 11.0 Å². The Morgan fingerprint density at radius 2 is 1.66 bits per heavy atom. The number of aryl methyl sites for hydroxylation is 1. The van der Waals surface area contributed by atoms with Crippen LogP contribution in [0.25, 0.3) is 0 Å². The molecule has 0 bridgehead atoms. The van der Waals surface area contributed by atoms with E-state index in [1.807, 2.05) is 57.2 Å². The van der Waals surface area contributed by atoms with Gasteiger partial charge in [0.1, 0.15) is 18.3 Å². The Kier molecular flexibility index (Phi) is 11.2. The summed E-state index contributed by atoms with van der Waals surface area (Å²) < 4.78 is 32.2. The molecular weight excluding hydrogens is 562 g/mol. The smallest absolute Gasteiger partial charge is 0.244 e. The van der Waals surface area contributed by atoms with E-state index in [0.29, 0.717) is 17.3 Å². The summed E-state index contributed by atoms with van der Waals surface area (Å²) in [6.07, 6.45) is 1.28. The van der Waals surface area contributed by atoms with Crippen LogP contribution in [0, 0.1) is 12.8 Å². The van der Waals surface area contributed by atoms with Crippen LogP contribution in [-0.2, 0) is 32.6 Å². The Bertz CT molecular complexity index is 1450. The van der Waals surface area contributed by atoms with Crippen molar-refractivity contribution in [2.45, 2.75) is 39.8 Å². The van der Waals surface area contributed by atoms with E-state index in [1.54, 1.807) is 37.4 Å². The standard InChI is InChI=1S/C31H38ClN3O5S/c1-22(2)19-33-31(37)29(17-24-10-7-6-8-11-24)34(20-25-12-9-13-27(16-25)40-4)30(36)21-35(41(5,38)39)26-15-14-23(3)28(32)18-26/h6-16,18,22,29H,17,19-21H2,1-5H3,(H,33,37)/t29-/m0/s1. The van der Waals surface area contributed by atoms with Gasteiger partial charge in [-0.1, -0.05) is 74.0 Å². The number of rotatable bonds is 13. The number of amides is 2. The first-order chi connectivity index (χ1) is 19.4. The number of ether oxygens (including phenoxy) is 1. The summed E-state index contributed by atoms with van der Waals surface area (Å²) in [5.41, 5.74) is 2.64. The van der Waals surface area contributed by atoms with E-state index in [9.17, 15) is 18.0 Å². The van der Waals surface area contributed by atoms with Gasteiger partial charge in [0.2, 0.25) is 21.8 Å². The Balaban J connectivity index is 2.07. The highest BCUT2D eigenvalue weighted by Crippen LogP contribution is 2.26. The molecule has 0 aliphatic carbocycles. The van der Waals surface area contributed by atoms with Crippen molar-refractivity contribution in [1.29, 1.82) is 0 Å². The van der Waals surface area contributed by atoms with Crippen LogP contribution >= 0.6 is 11.6 Å². The maximum atomic E-state index is 14.1. The number of hydrogen-bond donors (Lipinski definition) is 1. The molecule has 0 radical (unpaired) electrons. The molecule has 0 fully saturated rings. The number of methoxy groups -OCH3 is 1. The lowest BCUT2D eigenvalue weighted by Gasteiger charge is -2.33. The van der Waals surface area contributed by atoms with Crippen molar-refractivity contribution in [3.05, 3.63) is 94.5 Å². The Morgan fingerprint density at radius 3 is 2.27 bits per heavy atom. The van der Waals surface area contributed by atoms with Crippen LogP contribution in [0.5, 0.6) is 5.75 Å². The molecule has 1 atom stereocenters. The summed E-state index contributed by atoms with van der Waals surface area (Å²) in [7, 11) is -2.33. The van der Waals surface area contributed by atoms with Gasteiger partial charge >= 0.3 is 0 Å². The molecule has 0 aliphatic rings. The quantitative estimate of drug-likeness (QED) is 0.303. The number of carbonyl (C=O) groups is 2. The lowest BCUT2D eigenvalue weighted by atomic mass is 10.0. The predicted octanol–water partition coefficient (Wildman–Crippen LogP) is 4.84. The zero-order valence-electron chi connectivity index (χ0n) is 24.1. The van der Waals surface area contributed by atoms with Crippen LogP contribution in [0.1, 0.15) is 30.5 Å². The molecule has 0 saturated carbocycles.